The molecule has 4 aromatic rings. The summed E-state index contributed by atoms with van der Waals surface area (Å²) in [4.78, 5) is 45.7. The fourth-order valence-corrected chi connectivity index (χ4v) is 4.41. The van der Waals surface area contributed by atoms with Crippen LogP contribution >= 0.6 is 0 Å². The van der Waals surface area contributed by atoms with Gasteiger partial charge in [-0.3, -0.25) is 9.59 Å². The van der Waals surface area contributed by atoms with Gasteiger partial charge in [0.15, 0.2) is 23.9 Å². The summed E-state index contributed by atoms with van der Waals surface area (Å²) in [7, 11) is 0. The fraction of sp³-hybridized carbons (Fsp3) is 0.192. The van der Waals surface area contributed by atoms with Gasteiger partial charge in [0.2, 0.25) is 0 Å². The molecule has 2 aromatic heterocycles. The quantitative estimate of drug-likeness (QED) is 0.265. The molecule has 0 fully saturated rings. The fourth-order valence-electron chi connectivity index (χ4n) is 4.41. The zero-order chi connectivity index (χ0) is 27.7. The van der Waals surface area contributed by atoms with Crippen molar-refractivity contribution in [2.24, 2.45) is 5.73 Å². The lowest BCUT2D eigenvalue weighted by atomic mass is 10.1. The van der Waals surface area contributed by atoms with Crippen LogP contribution in [-0.4, -0.2) is 44.4 Å². The number of benzene rings is 2. The molecule has 1 aliphatic heterocycles. The number of nitrogens with two attached hydrogens (primary N) is 1. The number of H-pyrrole nitrogens is 1. The lowest BCUT2D eigenvalue weighted by molar-refractivity contribution is -0.118. The van der Waals surface area contributed by atoms with Crippen molar-refractivity contribution in [3.63, 3.8) is 0 Å². The van der Waals surface area contributed by atoms with Gasteiger partial charge in [-0.15, -0.1) is 0 Å². The molecule has 2 aromatic carbocycles. The number of anilines is 1. The Labute approximate surface area is 219 Å². The van der Waals surface area contributed by atoms with Crippen LogP contribution in [0.4, 0.5) is 14.5 Å². The van der Waals surface area contributed by atoms with Crippen molar-refractivity contribution in [3.8, 4) is 5.75 Å². The molecule has 1 aliphatic carbocycles. The molecule has 11 nitrogen and oxygen atoms in total. The number of aromatic nitrogens is 3. The molecule has 13 heteroatoms. The highest BCUT2D eigenvalue weighted by Gasteiger charge is 2.22. The number of amides is 2. The van der Waals surface area contributed by atoms with Crippen LogP contribution in [0.25, 0.3) is 11.0 Å². The number of aromatic carboxylic acids is 1. The molecular weight excluding hydrogens is 514 g/mol. The van der Waals surface area contributed by atoms with Gasteiger partial charge in [-0.05, 0) is 53.8 Å². The number of ether oxygens (including phenoxy) is 1. The summed E-state index contributed by atoms with van der Waals surface area (Å²) < 4.78 is 30.7. The van der Waals surface area contributed by atoms with E-state index >= 15 is 0 Å². The molecule has 0 unspecified atom stereocenters. The molecule has 6 N–H and O–H groups in total. The van der Waals surface area contributed by atoms with Gasteiger partial charge in [0, 0.05) is 18.8 Å². The monoisotopic (exact) mass is 536 g/mol. The number of aromatic amines is 1. The molecule has 2 amide bonds. The first-order valence-electron chi connectivity index (χ1n) is 11.8. The molecule has 6 rings (SSSR count). The Bertz CT molecular complexity index is 1620. The molecule has 200 valence electrons. The maximum Gasteiger partial charge on any atom is 0.339 e. The predicted octanol–water partition coefficient (Wildman–Crippen LogP) is 2.83. The van der Waals surface area contributed by atoms with Crippen molar-refractivity contribution < 1.29 is 33.0 Å². The van der Waals surface area contributed by atoms with E-state index < -0.39 is 23.5 Å². The summed E-state index contributed by atoms with van der Waals surface area (Å²) in [6.07, 6.45) is 3.96. The van der Waals surface area contributed by atoms with Gasteiger partial charge in [0.25, 0.3) is 11.8 Å². The van der Waals surface area contributed by atoms with Crippen LogP contribution in [0.2, 0.25) is 0 Å². The van der Waals surface area contributed by atoms with Crippen LogP contribution < -0.4 is 21.1 Å². The van der Waals surface area contributed by atoms with Crippen LogP contribution in [0.15, 0.2) is 42.9 Å². The topological polar surface area (TPSA) is 172 Å². The van der Waals surface area contributed by atoms with E-state index in [1.54, 1.807) is 18.2 Å². The van der Waals surface area contributed by atoms with Gasteiger partial charge >= 0.3 is 5.97 Å². The van der Waals surface area contributed by atoms with Crippen LogP contribution in [0.1, 0.15) is 50.0 Å². The summed E-state index contributed by atoms with van der Waals surface area (Å²) in [6.45, 7) is 0.154. The van der Waals surface area contributed by atoms with Crippen molar-refractivity contribution in [2.45, 2.75) is 25.4 Å². The third kappa shape index (κ3) is 5.25. The summed E-state index contributed by atoms with van der Waals surface area (Å²) in [5, 5.41) is 14.6. The van der Waals surface area contributed by atoms with E-state index in [1.165, 1.54) is 18.3 Å². The average molecular weight is 536 g/mol. The first kappa shape index (κ1) is 25.7. The Balaban J connectivity index is 0.000000214. The number of carbonyl (C=O) groups is 3. The van der Waals surface area contributed by atoms with Gasteiger partial charge < -0.3 is 31.2 Å². The van der Waals surface area contributed by atoms with Crippen LogP contribution in [0, 0.1) is 11.6 Å². The Kier molecular flexibility index (Phi) is 6.90. The van der Waals surface area contributed by atoms with Crippen molar-refractivity contribution in [2.75, 3.05) is 11.9 Å². The van der Waals surface area contributed by atoms with E-state index in [-0.39, 0.29) is 47.4 Å². The first-order valence-corrected chi connectivity index (χ1v) is 11.8. The molecule has 0 saturated carbocycles. The molecule has 39 heavy (non-hydrogen) atoms. The number of carboxylic acid groups (broad SMARTS) is 1. The minimum atomic E-state index is -1.15. The second-order valence-corrected chi connectivity index (χ2v) is 8.91. The number of carboxylic acids is 1. The Hall–Kier alpha value is -4.91. The third-order valence-electron chi connectivity index (χ3n) is 6.34. The Morgan fingerprint density at radius 1 is 1.18 bits per heavy atom. The molecule has 2 aliphatic rings. The maximum absolute atomic E-state index is 12.7. The normalized spacial score (nSPS) is 15.4. The second-order valence-electron chi connectivity index (χ2n) is 8.91. The molecular formula is C26H22F2N6O5. The number of nitrogens with one attached hydrogen (secondary N) is 3. The van der Waals surface area contributed by atoms with Gasteiger partial charge in [-0.25, -0.2) is 23.5 Å². The molecule has 3 heterocycles. The zero-order valence-electron chi connectivity index (χ0n) is 20.3. The molecule has 0 saturated heterocycles. The van der Waals surface area contributed by atoms with Crippen molar-refractivity contribution in [1.82, 2.24) is 20.3 Å². The third-order valence-corrected chi connectivity index (χ3v) is 6.34. The largest absolute Gasteiger partial charge is 0.482 e. The number of aryl methyl sites for hydroxylation is 1. The highest BCUT2D eigenvalue weighted by molar-refractivity contribution is 6.08. The zero-order valence-corrected chi connectivity index (χ0v) is 20.3. The van der Waals surface area contributed by atoms with E-state index in [0.29, 0.717) is 11.4 Å². The average Bonchev–Trinajstić information content (AvgIpc) is 3.51. The number of rotatable bonds is 4. The van der Waals surface area contributed by atoms with E-state index in [2.05, 4.69) is 25.6 Å². The van der Waals surface area contributed by atoms with Crippen LogP contribution in [0.3, 0.4) is 0 Å². The molecule has 1 atom stereocenters. The van der Waals surface area contributed by atoms with Gasteiger partial charge in [-0.1, -0.05) is 6.07 Å². The highest BCUT2D eigenvalue weighted by Crippen LogP contribution is 2.31. The smallest absolute Gasteiger partial charge is 0.339 e. The minimum Gasteiger partial charge on any atom is -0.482 e. The maximum atomic E-state index is 12.7. The van der Waals surface area contributed by atoms with Crippen molar-refractivity contribution >= 4 is 34.5 Å². The number of hydrogen-bond donors (Lipinski definition) is 5. The summed E-state index contributed by atoms with van der Waals surface area (Å²) in [6, 6.07) is 7.53. The predicted molar refractivity (Wildman–Crippen MR) is 134 cm³/mol. The molecule has 0 radical (unpaired) electrons. The second kappa shape index (κ2) is 10.5. The van der Waals surface area contributed by atoms with Gasteiger partial charge in [-0.2, -0.15) is 0 Å². The Morgan fingerprint density at radius 2 is 1.97 bits per heavy atom. The van der Waals surface area contributed by atoms with E-state index in [4.69, 9.17) is 15.6 Å². The van der Waals surface area contributed by atoms with Crippen LogP contribution in [0.5, 0.6) is 5.75 Å². The number of halogens is 2. The van der Waals surface area contributed by atoms with Gasteiger partial charge in [0.05, 0.1) is 11.2 Å². The standard InChI is InChI=1S/C17H13N5O5.C9H9F2N/c23-12-6-27-11-2-1-8(3-10(11)22-12)4-19-16(24)15-14-13(20-7-21-15)9(5-18-14)17(25)26;10-7-3-5-1-2-9(12)6(5)4-8(7)11/h1-3,5,7,18H,4,6H2,(H,19,24)(H,22,23)(H,25,26);3-4,9H,1-2,12H2/t;9-/m.0/s1. The SMILES string of the molecule is N[C@H]1CCc2cc(F)c(F)cc21.O=C1COc2ccc(CNC(=O)c3ncnc4c(C(=O)O)c[nH]c34)cc2N1. The molecule has 0 bridgehead atoms. The Morgan fingerprint density at radius 3 is 2.77 bits per heavy atom. The number of carbonyl (C=O) groups excluding carboxylic acids is 2. The summed E-state index contributed by atoms with van der Waals surface area (Å²) in [5.74, 6) is -2.89. The number of fused-ring (bicyclic) bond motifs is 3. The van der Waals surface area contributed by atoms with Crippen molar-refractivity contribution in [3.05, 3.63) is 82.4 Å². The lowest BCUT2D eigenvalue weighted by Crippen LogP contribution is -2.26. The highest BCUT2D eigenvalue weighted by atomic mass is 19.2. The summed E-state index contributed by atoms with van der Waals surface area (Å²) in [5.41, 5.74) is 8.99. The minimum absolute atomic E-state index is 0.0265. The number of nitrogens with zero attached hydrogens (tertiary/aromatic N) is 2. The molecule has 0 spiro atoms. The van der Waals surface area contributed by atoms with Crippen molar-refractivity contribution in [1.29, 1.82) is 0 Å². The lowest BCUT2D eigenvalue weighted by Gasteiger charge is -2.18. The van der Waals surface area contributed by atoms with Gasteiger partial charge in [0.1, 0.15) is 23.2 Å². The van der Waals surface area contributed by atoms with E-state index in [1.807, 2.05) is 0 Å². The van der Waals surface area contributed by atoms with Crippen LogP contribution in [-0.2, 0) is 17.8 Å². The number of hydrogen-bond acceptors (Lipinski definition) is 7. The van der Waals surface area contributed by atoms with E-state index in [9.17, 15) is 23.2 Å². The first-order chi connectivity index (χ1) is 18.7. The van der Waals surface area contributed by atoms with E-state index in [0.717, 1.165) is 35.9 Å². The summed E-state index contributed by atoms with van der Waals surface area (Å²) >= 11 is 0.